The Morgan fingerprint density at radius 3 is 2.50 bits per heavy atom. The van der Waals surface area contributed by atoms with E-state index in [1.165, 1.54) is 0 Å². The molecule has 1 aromatic carbocycles. The Morgan fingerprint density at radius 2 is 1.92 bits per heavy atom. The van der Waals surface area contributed by atoms with E-state index in [4.69, 9.17) is 9.29 Å². The molecule has 0 saturated heterocycles. The summed E-state index contributed by atoms with van der Waals surface area (Å²) in [4.78, 5) is 23.6. The number of nitrogens with one attached hydrogen (secondary N) is 2. The molecule has 0 aliphatic heterocycles. The van der Waals surface area contributed by atoms with Crippen LogP contribution in [0, 0.1) is 0 Å². The summed E-state index contributed by atoms with van der Waals surface area (Å²) in [5.74, 6) is -1.53. The summed E-state index contributed by atoms with van der Waals surface area (Å²) in [6, 6.07) is 8.44. The molecule has 0 bridgehead atoms. The lowest BCUT2D eigenvalue weighted by Crippen LogP contribution is -2.48. The Labute approximate surface area is 141 Å². The van der Waals surface area contributed by atoms with Crippen LogP contribution in [-0.4, -0.2) is 56.3 Å². The van der Waals surface area contributed by atoms with Gasteiger partial charge in [0, 0.05) is 6.54 Å². The number of benzene rings is 1. The number of hydrogen-bond donors (Lipinski definition) is 3. The van der Waals surface area contributed by atoms with E-state index in [9.17, 15) is 18.0 Å². The van der Waals surface area contributed by atoms with Crippen molar-refractivity contribution in [3.63, 3.8) is 0 Å². The summed E-state index contributed by atoms with van der Waals surface area (Å²) >= 11 is 0. The zero-order chi connectivity index (χ0) is 18.0. The van der Waals surface area contributed by atoms with Gasteiger partial charge in [0.25, 0.3) is 10.1 Å². The number of esters is 1. The van der Waals surface area contributed by atoms with E-state index in [1.54, 1.807) is 6.92 Å². The monoisotopic (exact) mass is 358 g/mol. The SMILES string of the molecule is CCOC(=O)CN[C@@H](Cc1ccccc1)C(=O)NCCS(=O)(=O)O. The molecule has 134 valence electrons. The van der Waals surface area contributed by atoms with Gasteiger partial charge in [-0.25, -0.2) is 0 Å². The van der Waals surface area contributed by atoms with Crippen LogP contribution in [0.1, 0.15) is 12.5 Å². The third kappa shape index (κ3) is 8.61. The van der Waals surface area contributed by atoms with Crippen molar-refractivity contribution in [3.8, 4) is 0 Å². The molecular weight excluding hydrogens is 336 g/mol. The van der Waals surface area contributed by atoms with Gasteiger partial charge >= 0.3 is 5.97 Å². The minimum absolute atomic E-state index is 0.142. The summed E-state index contributed by atoms with van der Waals surface area (Å²) in [5, 5.41) is 5.22. The molecule has 8 nitrogen and oxygen atoms in total. The fraction of sp³-hybridized carbons (Fsp3) is 0.467. The highest BCUT2D eigenvalue weighted by atomic mass is 32.2. The van der Waals surface area contributed by atoms with Crippen molar-refractivity contribution < 1.29 is 27.3 Å². The van der Waals surface area contributed by atoms with Crippen molar-refractivity contribution in [2.24, 2.45) is 0 Å². The zero-order valence-electron chi connectivity index (χ0n) is 13.4. The first-order chi connectivity index (χ1) is 11.3. The maximum absolute atomic E-state index is 12.2. The predicted molar refractivity (Wildman–Crippen MR) is 88.0 cm³/mol. The van der Waals surface area contributed by atoms with Crippen molar-refractivity contribution in [2.75, 3.05) is 25.4 Å². The van der Waals surface area contributed by atoms with Crippen molar-refractivity contribution in [1.82, 2.24) is 10.6 Å². The molecule has 0 spiro atoms. The lowest BCUT2D eigenvalue weighted by atomic mass is 10.1. The van der Waals surface area contributed by atoms with Gasteiger partial charge in [0.15, 0.2) is 0 Å². The van der Waals surface area contributed by atoms with Crippen LogP contribution in [0.2, 0.25) is 0 Å². The zero-order valence-corrected chi connectivity index (χ0v) is 14.2. The number of hydrogen-bond acceptors (Lipinski definition) is 6. The molecule has 1 atom stereocenters. The summed E-state index contributed by atoms with van der Waals surface area (Å²) < 4.78 is 34.9. The molecule has 1 aromatic rings. The van der Waals surface area contributed by atoms with E-state index in [2.05, 4.69) is 10.6 Å². The van der Waals surface area contributed by atoms with E-state index >= 15 is 0 Å². The summed E-state index contributed by atoms with van der Waals surface area (Å²) in [6.45, 7) is 1.56. The molecule has 1 rings (SSSR count). The maximum Gasteiger partial charge on any atom is 0.319 e. The lowest BCUT2D eigenvalue weighted by Gasteiger charge is -2.18. The van der Waals surface area contributed by atoms with E-state index in [0.29, 0.717) is 6.42 Å². The Bertz CT molecular complexity index is 633. The van der Waals surface area contributed by atoms with Crippen LogP contribution in [-0.2, 0) is 30.9 Å². The number of ether oxygens (including phenoxy) is 1. The van der Waals surface area contributed by atoms with Gasteiger partial charge < -0.3 is 10.1 Å². The molecule has 0 aliphatic rings. The van der Waals surface area contributed by atoms with Gasteiger partial charge in [-0.15, -0.1) is 0 Å². The smallest absolute Gasteiger partial charge is 0.319 e. The van der Waals surface area contributed by atoms with Crippen molar-refractivity contribution in [2.45, 2.75) is 19.4 Å². The molecule has 0 aliphatic carbocycles. The van der Waals surface area contributed by atoms with Gasteiger partial charge in [-0.2, -0.15) is 8.42 Å². The average molecular weight is 358 g/mol. The molecule has 0 fully saturated rings. The Kier molecular flexibility index (Phi) is 8.37. The van der Waals surface area contributed by atoms with Gasteiger partial charge in [-0.05, 0) is 18.9 Å². The van der Waals surface area contributed by atoms with Crippen LogP contribution in [0.3, 0.4) is 0 Å². The summed E-state index contributed by atoms with van der Waals surface area (Å²) in [6.07, 6.45) is 0.317. The molecule has 3 N–H and O–H groups in total. The lowest BCUT2D eigenvalue weighted by molar-refractivity contribution is -0.142. The van der Waals surface area contributed by atoms with Gasteiger partial charge in [0.2, 0.25) is 5.91 Å². The van der Waals surface area contributed by atoms with Gasteiger partial charge in [-0.3, -0.25) is 19.5 Å². The molecule has 9 heteroatoms. The summed E-state index contributed by atoms with van der Waals surface area (Å²) in [5.41, 5.74) is 0.879. The largest absolute Gasteiger partial charge is 0.465 e. The Hall–Kier alpha value is -1.97. The second kappa shape index (κ2) is 10.0. The highest BCUT2D eigenvalue weighted by Crippen LogP contribution is 2.03. The minimum Gasteiger partial charge on any atom is -0.465 e. The maximum atomic E-state index is 12.2. The van der Waals surface area contributed by atoms with Crippen LogP contribution in [0.25, 0.3) is 0 Å². The number of amides is 1. The second-order valence-electron chi connectivity index (χ2n) is 5.01. The van der Waals surface area contributed by atoms with E-state index in [1.807, 2.05) is 30.3 Å². The van der Waals surface area contributed by atoms with E-state index < -0.39 is 33.8 Å². The van der Waals surface area contributed by atoms with Gasteiger partial charge in [0.1, 0.15) is 0 Å². The number of carbonyl (C=O) groups excluding carboxylic acids is 2. The molecule has 0 heterocycles. The quantitative estimate of drug-likeness (QED) is 0.389. The molecule has 0 unspecified atom stereocenters. The third-order valence-corrected chi connectivity index (χ3v) is 3.78. The van der Waals surface area contributed by atoms with Gasteiger partial charge in [-0.1, -0.05) is 30.3 Å². The first kappa shape index (κ1) is 20.1. The fourth-order valence-corrected chi connectivity index (χ4v) is 2.31. The Morgan fingerprint density at radius 1 is 1.25 bits per heavy atom. The number of carbonyl (C=O) groups is 2. The van der Waals surface area contributed by atoms with Crippen molar-refractivity contribution in [3.05, 3.63) is 35.9 Å². The Balaban J connectivity index is 2.64. The van der Waals surface area contributed by atoms with Crippen LogP contribution < -0.4 is 10.6 Å². The summed E-state index contributed by atoms with van der Waals surface area (Å²) in [7, 11) is -4.15. The first-order valence-corrected chi connectivity index (χ1v) is 9.08. The van der Waals surface area contributed by atoms with Crippen LogP contribution in [0.15, 0.2) is 30.3 Å². The molecule has 0 radical (unpaired) electrons. The topological polar surface area (TPSA) is 122 Å². The van der Waals surface area contributed by atoms with Crippen LogP contribution in [0.4, 0.5) is 0 Å². The highest BCUT2D eigenvalue weighted by Gasteiger charge is 2.20. The molecule has 24 heavy (non-hydrogen) atoms. The number of rotatable bonds is 10. The second-order valence-corrected chi connectivity index (χ2v) is 6.58. The van der Waals surface area contributed by atoms with Gasteiger partial charge in [0.05, 0.1) is 24.9 Å². The average Bonchev–Trinajstić information content (AvgIpc) is 2.51. The predicted octanol–water partition coefficient (Wildman–Crippen LogP) is -0.246. The van der Waals surface area contributed by atoms with Crippen molar-refractivity contribution in [1.29, 1.82) is 0 Å². The van der Waals surface area contributed by atoms with Crippen LogP contribution >= 0.6 is 0 Å². The first-order valence-electron chi connectivity index (χ1n) is 7.47. The molecule has 0 aromatic heterocycles. The molecule has 1 amide bonds. The molecular formula is C15H22N2O6S. The minimum atomic E-state index is -4.15. The van der Waals surface area contributed by atoms with Crippen molar-refractivity contribution >= 4 is 22.0 Å². The standard InChI is InChI=1S/C15H22N2O6S/c1-2-23-14(18)11-17-13(10-12-6-4-3-5-7-12)15(19)16-8-9-24(20,21)22/h3-7,13,17H,2,8-11H2,1H3,(H,16,19)(H,20,21,22)/t13-/m0/s1. The van der Waals surface area contributed by atoms with E-state index in [-0.39, 0.29) is 19.7 Å². The fourth-order valence-electron chi connectivity index (χ4n) is 1.95. The molecule has 0 saturated carbocycles. The van der Waals surface area contributed by atoms with E-state index in [0.717, 1.165) is 5.56 Å². The normalized spacial score (nSPS) is 12.4. The van der Waals surface area contributed by atoms with Crippen LogP contribution in [0.5, 0.6) is 0 Å². The third-order valence-electron chi connectivity index (χ3n) is 3.06. The highest BCUT2D eigenvalue weighted by molar-refractivity contribution is 7.85.